The van der Waals surface area contributed by atoms with Gasteiger partial charge < -0.3 is 0 Å². The second kappa shape index (κ2) is 9.13. The molecule has 0 aliphatic carbocycles. The van der Waals surface area contributed by atoms with Gasteiger partial charge in [-0.3, -0.25) is 24.7 Å². The highest BCUT2D eigenvalue weighted by molar-refractivity contribution is 7.80. The summed E-state index contributed by atoms with van der Waals surface area (Å²) in [5.74, 6) is 0.432. The van der Waals surface area contributed by atoms with E-state index in [1.807, 2.05) is 6.92 Å². The number of hydrogen-bond acceptors (Lipinski definition) is 8. The lowest BCUT2D eigenvalue weighted by Gasteiger charge is -2.32. The molecule has 2 aromatic heterocycles. The topological polar surface area (TPSA) is 78.4 Å². The Bertz CT molecular complexity index is 1370. The molecule has 3 aromatic rings. The first-order valence-corrected chi connectivity index (χ1v) is 13.4. The van der Waals surface area contributed by atoms with Gasteiger partial charge in [0.1, 0.15) is 10.7 Å². The van der Waals surface area contributed by atoms with E-state index in [2.05, 4.69) is 55.8 Å². The minimum absolute atomic E-state index is 0.143. The lowest BCUT2D eigenvalue weighted by atomic mass is 10.0. The van der Waals surface area contributed by atoms with Gasteiger partial charge in [0.25, 0.3) is 0 Å². The van der Waals surface area contributed by atoms with Crippen molar-refractivity contribution in [3.63, 3.8) is 0 Å². The number of nitrogens with one attached hydrogen (secondary N) is 1. The predicted octanol–water partition coefficient (Wildman–Crippen LogP) is 3.84. The standard InChI is InChI=1S/C26H27N5O2S2/c1-15-27-23(19-8-11-35-25(19)28-15)17-6-9-30(10-7-17)13-16-2-3-18-14-31(26(34)20(18)12-16)21-4-5-22(32)29-24(21)33/h2-3,6,8,11-12,21,26,34H,4-5,7,9-10,13-14H2,1H3,(H,29,32,33). The molecule has 1 aromatic carbocycles. The summed E-state index contributed by atoms with van der Waals surface area (Å²) in [4.78, 5) is 38.9. The maximum absolute atomic E-state index is 12.4. The number of aryl methyl sites for hydroxylation is 1. The normalized spacial score (nSPS) is 23.4. The summed E-state index contributed by atoms with van der Waals surface area (Å²) >= 11 is 6.53. The van der Waals surface area contributed by atoms with Gasteiger partial charge in [0.05, 0.1) is 17.1 Å². The molecular formula is C26H27N5O2S2. The Morgan fingerprint density at radius 2 is 2.09 bits per heavy atom. The number of carbonyl (C=O) groups is 2. The molecule has 0 spiro atoms. The fourth-order valence-electron chi connectivity index (χ4n) is 5.40. The lowest BCUT2D eigenvalue weighted by molar-refractivity contribution is -0.137. The Balaban J connectivity index is 1.15. The summed E-state index contributed by atoms with van der Waals surface area (Å²) in [5, 5.41) is 5.57. The summed E-state index contributed by atoms with van der Waals surface area (Å²) in [6.45, 7) is 5.37. The van der Waals surface area contributed by atoms with Crippen LogP contribution in [0.15, 0.2) is 35.7 Å². The van der Waals surface area contributed by atoms with E-state index < -0.39 is 0 Å². The first-order valence-electron chi connectivity index (χ1n) is 12.0. The van der Waals surface area contributed by atoms with Crippen molar-refractivity contribution in [1.82, 2.24) is 25.1 Å². The molecule has 1 fully saturated rings. The monoisotopic (exact) mass is 505 g/mol. The highest BCUT2D eigenvalue weighted by atomic mass is 32.1. The molecule has 2 atom stereocenters. The summed E-state index contributed by atoms with van der Waals surface area (Å²) in [6, 6.07) is 8.41. The summed E-state index contributed by atoms with van der Waals surface area (Å²) in [6.07, 6.45) is 4.20. The first kappa shape index (κ1) is 22.8. The third-order valence-corrected chi connectivity index (χ3v) is 8.59. The van der Waals surface area contributed by atoms with Crippen LogP contribution < -0.4 is 5.32 Å². The molecular weight excluding hydrogens is 478 g/mol. The minimum atomic E-state index is -0.308. The van der Waals surface area contributed by atoms with Crippen LogP contribution in [0.2, 0.25) is 0 Å². The van der Waals surface area contributed by atoms with Crippen molar-refractivity contribution in [2.75, 3.05) is 13.1 Å². The van der Waals surface area contributed by atoms with Gasteiger partial charge in [-0.15, -0.1) is 11.3 Å². The molecule has 1 N–H and O–H groups in total. The van der Waals surface area contributed by atoms with Crippen LogP contribution in [0.3, 0.4) is 0 Å². The average molecular weight is 506 g/mol. The number of hydrogen-bond donors (Lipinski definition) is 2. The van der Waals surface area contributed by atoms with E-state index >= 15 is 0 Å². The number of thiophene rings is 1. The SMILES string of the molecule is Cc1nc(C2=CCN(Cc3ccc4c(c3)C(S)N(C3CCC(=O)NC3=O)C4)CC2)c2ccsc2n1. The van der Waals surface area contributed by atoms with Crippen molar-refractivity contribution in [2.24, 2.45) is 0 Å². The number of thiol groups is 1. The van der Waals surface area contributed by atoms with Crippen molar-refractivity contribution >= 4 is 51.6 Å². The van der Waals surface area contributed by atoms with Gasteiger partial charge >= 0.3 is 0 Å². The maximum Gasteiger partial charge on any atom is 0.243 e. The number of imide groups is 1. The molecule has 2 amide bonds. The number of amides is 2. The zero-order valence-corrected chi connectivity index (χ0v) is 21.2. The molecule has 35 heavy (non-hydrogen) atoms. The predicted molar refractivity (Wildman–Crippen MR) is 140 cm³/mol. The van der Waals surface area contributed by atoms with Crippen LogP contribution in [0.4, 0.5) is 0 Å². The molecule has 0 bridgehead atoms. The number of aromatic nitrogens is 2. The molecule has 2 unspecified atom stereocenters. The smallest absolute Gasteiger partial charge is 0.243 e. The molecule has 3 aliphatic rings. The fraction of sp³-hybridized carbons (Fsp3) is 0.385. The number of piperidine rings is 1. The second-order valence-corrected chi connectivity index (χ2v) is 10.9. The molecule has 0 radical (unpaired) electrons. The van der Waals surface area contributed by atoms with E-state index in [0.29, 0.717) is 19.4 Å². The lowest BCUT2D eigenvalue weighted by Crippen LogP contribution is -2.51. The van der Waals surface area contributed by atoms with Crippen LogP contribution in [0.5, 0.6) is 0 Å². The molecule has 1 saturated heterocycles. The molecule has 3 aliphatic heterocycles. The van der Waals surface area contributed by atoms with Gasteiger partial charge in [0.2, 0.25) is 11.8 Å². The number of nitrogens with zero attached hydrogens (tertiary/aromatic N) is 4. The first-order chi connectivity index (χ1) is 17.0. The summed E-state index contributed by atoms with van der Waals surface area (Å²) in [5.41, 5.74) is 6.01. The van der Waals surface area contributed by atoms with E-state index in [1.165, 1.54) is 22.3 Å². The molecule has 9 heteroatoms. The molecule has 0 saturated carbocycles. The Labute approximate surface area is 213 Å². The largest absolute Gasteiger partial charge is 0.295 e. The molecule has 180 valence electrons. The van der Waals surface area contributed by atoms with Crippen LogP contribution in [0.25, 0.3) is 15.8 Å². The van der Waals surface area contributed by atoms with Crippen molar-refractivity contribution in [3.8, 4) is 0 Å². The third-order valence-electron chi connectivity index (χ3n) is 7.21. The van der Waals surface area contributed by atoms with Crippen LogP contribution in [0.1, 0.15) is 52.8 Å². The Hall–Kier alpha value is -2.59. The second-order valence-electron chi connectivity index (χ2n) is 9.52. The van der Waals surface area contributed by atoms with E-state index in [1.54, 1.807) is 11.3 Å². The van der Waals surface area contributed by atoms with Gasteiger partial charge in [-0.25, -0.2) is 9.97 Å². The summed E-state index contributed by atoms with van der Waals surface area (Å²) in [7, 11) is 0. The third kappa shape index (κ3) is 4.31. The van der Waals surface area contributed by atoms with E-state index in [9.17, 15) is 9.59 Å². The number of rotatable bonds is 4. The zero-order chi connectivity index (χ0) is 24.1. The highest BCUT2D eigenvalue weighted by Crippen LogP contribution is 2.40. The zero-order valence-electron chi connectivity index (χ0n) is 19.5. The molecule has 7 nitrogen and oxygen atoms in total. The Morgan fingerprint density at radius 3 is 2.89 bits per heavy atom. The molecule has 5 heterocycles. The maximum atomic E-state index is 12.4. The van der Waals surface area contributed by atoms with Crippen LogP contribution >= 0.6 is 24.0 Å². The van der Waals surface area contributed by atoms with Gasteiger partial charge in [-0.1, -0.05) is 24.3 Å². The van der Waals surface area contributed by atoms with Crippen molar-refractivity contribution in [3.05, 3.63) is 63.9 Å². The van der Waals surface area contributed by atoms with Crippen LogP contribution in [0, 0.1) is 6.92 Å². The van der Waals surface area contributed by atoms with Gasteiger partial charge in [0, 0.05) is 38.0 Å². The van der Waals surface area contributed by atoms with Crippen molar-refractivity contribution in [2.45, 2.75) is 50.7 Å². The highest BCUT2D eigenvalue weighted by Gasteiger charge is 2.39. The van der Waals surface area contributed by atoms with E-state index in [-0.39, 0.29) is 23.2 Å². The summed E-state index contributed by atoms with van der Waals surface area (Å²) < 4.78 is 0. The average Bonchev–Trinajstić information content (AvgIpc) is 3.44. The van der Waals surface area contributed by atoms with E-state index in [4.69, 9.17) is 17.6 Å². The van der Waals surface area contributed by atoms with Crippen LogP contribution in [-0.4, -0.2) is 50.7 Å². The van der Waals surface area contributed by atoms with Crippen LogP contribution in [-0.2, 0) is 22.7 Å². The van der Waals surface area contributed by atoms with Gasteiger partial charge in [0.15, 0.2) is 0 Å². The Morgan fingerprint density at radius 1 is 1.20 bits per heavy atom. The van der Waals surface area contributed by atoms with Crippen molar-refractivity contribution in [1.29, 1.82) is 0 Å². The van der Waals surface area contributed by atoms with Gasteiger partial charge in [-0.2, -0.15) is 12.6 Å². The number of carbonyl (C=O) groups excluding carboxylic acids is 2. The number of fused-ring (bicyclic) bond motifs is 2. The molecule has 6 rings (SSSR count). The number of benzene rings is 1. The quantitative estimate of drug-likeness (QED) is 0.415. The Kier molecular flexibility index (Phi) is 5.96. The van der Waals surface area contributed by atoms with E-state index in [0.717, 1.165) is 47.8 Å². The van der Waals surface area contributed by atoms with Crippen molar-refractivity contribution < 1.29 is 9.59 Å². The minimum Gasteiger partial charge on any atom is -0.295 e. The van der Waals surface area contributed by atoms with Gasteiger partial charge in [-0.05, 0) is 53.5 Å². The fourth-order valence-corrected chi connectivity index (χ4v) is 6.70.